The summed E-state index contributed by atoms with van der Waals surface area (Å²) in [6.07, 6.45) is 1.51. The number of carbonyl (C=O) groups excluding carboxylic acids is 1. The van der Waals surface area contributed by atoms with Crippen molar-refractivity contribution in [1.29, 1.82) is 0 Å². The molecule has 126 valence electrons. The van der Waals surface area contributed by atoms with E-state index in [4.69, 9.17) is 23.2 Å². The van der Waals surface area contributed by atoms with Gasteiger partial charge in [0.25, 0.3) is 5.91 Å². The van der Waals surface area contributed by atoms with Crippen LogP contribution in [0.15, 0.2) is 65.8 Å². The Balaban J connectivity index is 1.53. The first-order valence-electron chi connectivity index (χ1n) is 7.61. The van der Waals surface area contributed by atoms with Gasteiger partial charge in [0.1, 0.15) is 0 Å². The van der Waals surface area contributed by atoms with Gasteiger partial charge in [-0.1, -0.05) is 59.6 Å². The maximum atomic E-state index is 11.9. The van der Waals surface area contributed by atoms with Crippen LogP contribution in [-0.4, -0.2) is 18.7 Å². The van der Waals surface area contributed by atoms with Gasteiger partial charge in [-0.3, -0.25) is 4.79 Å². The van der Waals surface area contributed by atoms with Gasteiger partial charge in [0.15, 0.2) is 0 Å². The van der Waals surface area contributed by atoms with E-state index in [2.05, 4.69) is 15.8 Å². The Bertz CT molecular complexity index is 941. The number of anilines is 1. The van der Waals surface area contributed by atoms with Crippen molar-refractivity contribution in [3.63, 3.8) is 0 Å². The number of halogens is 2. The third kappa shape index (κ3) is 4.72. The topological polar surface area (TPSA) is 53.5 Å². The number of nitrogens with zero attached hydrogens (tertiary/aromatic N) is 1. The van der Waals surface area contributed by atoms with E-state index in [1.54, 1.807) is 18.2 Å². The molecule has 4 nitrogen and oxygen atoms in total. The predicted molar refractivity (Wildman–Crippen MR) is 105 cm³/mol. The van der Waals surface area contributed by atoms with Crippen LogP contribution in [0.4, 0.5) is 5.69 Å². The van der Waals surface area contributed by atoms with Crippen molar-refractivity contribution in [2.24, 2.45) is 5.10 Å². The van der Waals surface area contributed by atoms with Gasteiger partial charge >= 0.3 is 0 Å². The molecule has 3 aromatic rings. The summed E-state index contributed by atoms with van der Waals surface area (Å²) in [5, 5.41) is 10.2. The molecule has 0 saturated carbocycles. The van der Waals surface area contributed by atoms with E-state index in [0.29, 0.717) is 10.0 Å². The summed E-state index contributed by atoms with van der Waals surface area (Å²) < 4.78 is 0. The van der Waals surface area contributed by atoms with Crippen LogP contribution in [-0.2, 0) is 4.79 Å². The molecule has 25 heavy (non-hydrogen) atoms. The van der Waals surface area contributed by atoms with Gasteiger partial charge in [0.2, 0.25) is 0 Å². The molecule has 6 heteroatoms. The zero-order chi connectivity index (χ0) is 17.6. The molecule has 0 unspecified atom stereocenters. The minimum atomic E-state index is -0.246. The third-order valence-corrected chi connectivity index (χ3v) is 4.29. The van der Waals surface area contributed by atoms with E-state index in [0.717, 1.165) is 22.0 Å². The molecule has 0 bridgehead atoms. The van der Waals surface area contributed by atoms with Gasteiger partial charge in [0, 0.05) is 5.69 Å². The Morgan fingerprint density at radius 2 is 1.76 bits per heavy atom. The van der Waals surface area contributed by atoms with Crippen molar-refractivity contribution >= 4 is 51.8 Å². The third-order valence-electron chi connectivity index (χ3n) is 3.55. The van der Waals surface area contributed by atoms with Gasteiger partial charge in [0.05, 0.1) is 22.8 Å². The number of rotatable bonds is 5. The normalized spacial score (nSPS) is 11.0. The van der Waals surface area contributed by atoms with E-state index < -0.39 is 0 Å². The maximum Gasteiger partial charge on any atom is 0.259 e. The molecular weight excluding hydrogens is 357 g/mol. The van der Waals surface area contributed by atoms with E-state index in [1.165, 1.54) is 6.21 Å². The zero-order valence-corrected chi connectivity index (χ0v) is 14.7. The molecule has 0 fully saturated rings. The summed E-state index contributed by atoms with van der Waals surface area (Å²) in [5.74, 6) is -0.246. The van der Waals surface area contributed by atoms with Crippen LogP contribution in [0.3, 0.4) is 0 Å². The van der Waals surface area contributed by atoms with Gasteiger partial charge in [-0.15, -0.1) is 0 Å². The summed E-state index contributed by atoms with van der Waals surface area (Å²) in [6.45, 7) is 0.122. The molecule has 0 spiro atoms. The van der Waals surface area contributed by atoms with Gasteiger partial charge < -0.3 is 5.32 Å². The van der Waals surface area contributed by atoms with Gasteiger partial charge in [-0.25, -0.2) is 5.43 Å². The average Bonchev–Trinajstić information content (AvgIpc) is 2.63. The molecular formula is C19H15Cl2N3O. The maximum absolute atomic E-state index is 11.9. The number of hydrogen-bond donors (Lipinski definition) is 2. The summed E-state index contributed by atoms with van der Waals surface area (Å²) >= 11 is 11.8. The van der Waals surface area contributed by atoms with Crippen molar-refractivity contribution in [3.05, 3.63) is 76.3 Å². The van der Waals surface area contributed by atoms with Crippen LogP contribution in [0, 0.1) is 0 Å². The number of hydrazone groups is 1. The highest BCUT2D eigenvalue weighted by molar-refractivity contribution is 6.42. The van der Waals surface area contributed by atoms with Crippen LogP contribution in [0.25, 0.3) is 10.8 Å². The number of amides is 1. The Labute approximate surface area is 155 Å². The fourth-order valence-corrected chi connectivity index (χ4v) is 2.60. The Morgan fingerprint density at radius 1 is 0.960 bits per heavy atom. The molecule has 0 aliphatic rings. The second kappa shape index (κ2) is 8.01. The highest BCUT2D eigenvalue weighted by Crippen LogP contribution is 2.21. The molecule has 0 radical (unpaired) electrons. The second-order valence-corrected chi connectivity index (χ2v) is 6.20. The summed E-state index contributed by atoms with van der Waals surface area (Å²) in [5.41, 5.74) is 4.09. The number of hydrogen-bond acceptors (Lipinski definition) is 3. The largest absolute Gasteiger partial charge is 0.376 e. The number of benzene rings is 3. The van der Waals surface area contributed by atoms with Crippen LogP contribution in [0.1, 0.15) is 5.56 Å². The standard InChI is InChI=1S/C19H15Cl2N3O/c20-17-8-5-13(9-18(17)21)11-23-24-19(25)12-22-16-7-6-14-3-1-2-4-15(14)10-16/h1-11,22H,12H2,(H,24,25)/b23-11-. The highest BCUT2D eigenvalue weighted by Gasteiger charge is 2.01. The van der Waals surface area contributed by atoms with E-state index >= 15 is 0 Å². The summed E-state index contributed by atoms with van der Waals surface area (Å²) in [6, 6.07) is 19.1. The van der Waals surface area contributed by atoms with Crippen LogP contribution in [0.5, 0.6) is 0 Å². The molecule has 0 aliphatic carbocycles. The SMILES string of the molecule is O=C(CNc1ccc2ccccc2c1)N/N=C\c1ccc(Cl)c(Cl)c1. The Morgan fingerprint density at radius 3 is 2.56 bits per heavy atom. The number of fused-ring (bicyclic) bond motifs is 1. The lowest BCUT2D eigenvalue weighted by atomic mass is 10.1. The van der Waals surface area contributed by atoms with Crippen LogP contribution < -0.4 is 10.7 Å². The van der Waals surface area contributed by atoms with Crippen molar-refractivity contribution in [2.45, 2.75) is 0 Å². The summed E-state index contributed by atoms with van der Waals surface area (Å²) in [4.78, 5) is 11.9. The van der Waals surface area contributed by atoms with Crippen LogP contribution in [0.2, 0.25) is 10.0 Å². The van der Waals surface area contributed by atoms with Gasteiger partial charge in [-0.05, 0) is 40.6 Å². The van der Waals surface area contributed by atoms with E-state index in [9.17, 15) is 4.79 Å². The lowest BCUT2D eigenvalue weighted by molar-refractivity contribution is -0.119. The van der Waals surface area contributed by atoms with E-state index in [-0.39, 0.29) is 12.5 Å². The van der Waals surface area contributed by atoms with Crippen molar-refractivity contribution < 1.29 is 4.79 Å². The zero-order valence-electron chi connectivity index (χ0n) is 13.2. The average molecular weight is 372 g/mol. The highest BCUT2D eigenvalue weighted by atomic mass is 35.5. The molecule has 1 amide bonds. The molecule has 0 atom stereocenters. The van der Waals surface area contributed by atoms with Gasteiger partial charge in [-0.2, -0.15) is 5.10 Å². The molecule has 0 aliphatic heterocycles. The number of carbonyl (C=O) groups is 1. The van der Waals surface area contributed by atoms with Crippen molar-refractivity contribution in [2.75, 3.05) is 11.9 Å². The minimum absolute atomic E-state index is 0.122. The second-order valence-electron chi connectivity index (χ2n) is 5.38. The molecule has 0 saturated heterocycles. The number of nitrogens with one attached hydrogen (secondary N) is 2. The summed E-state index contributed by atoms with van der Waals surface area (Å²) in [7, 11) is 0. The fourth-order valence-electron chi connectivity index (χ4n) is 2.29. The lowest BCUT2D eigenvalue weighted by Gasteiger charge is -2.06. The molecule has 3 aromatic carbocycles. The van der Waals surface area contributed by atoms with Crippen molar-refractivity contribution in [3.8, 4) is 0 Å². The first-order chi connectivity index (χ1) is 12.1. The predicted octanol–water partition coefficient (Wildman–Crippen LogP) is 4.71. The lowest BCUT2D eigenvalue weighted by Crippen LogP contribution is -2.25. The van der Waals surface area contributed by atoms with Crippen molar-refractivity contribution in [1.82, 2.24) is 5.43 Å². The Kier molecular flexibility index (Phi) is 5.53. The Hall–Kier alpha value is -2.56. The van der Waals surface area contributed by atoms with Crippen LogP contribution >= 0.6 is 23.2 Å². The minimum Gasteiger partial charge on any atom is -0.376 e. The molecule has 0 aromatic heterocycles. The fraction of sp³-hybridized carbons (Fsp3) is 0.0526. The smallest absolute Gasteiger partial charge is 0.259 e. The quantitative estimate of drug-likeness (QED) is 0.504. The monoisotopic (exact) mass is 371 g/mol. The first kappa shape index (κ1) is 17.3. The molecule has 2 N–H and O–H groups in total. The molecule has 3 rings (SSSR count). The molecule has 0 heterocycles. The van der Waals surface area contributed by atoms with E-state index in [1.807, 2.05) is 42.5 Å². The first-order valence-corrected chi connectivity index (χ1v) is 8.37.